The van der Waals surface area contributed by atoms with Crippen LogP contribution in [0.25, 0.3) is 0 Å². The minimum atomic E-state index is 0.334. The predicted molar refractivity (Wildman–Crippen MR) is 74.3 cm³/mol. The SMILES string of the molecule is CC(C)CC(=O)N1CCC(Cc2ccccc2)C1. The molecule has 0 radical (unpaired) electrons. The molecule has 0 N–H and O–H groups in total. The second-order valence-corrected chi connectivity index (χ2v) is 5.78. The molecule has 18 heavy (non-hydrogen) atoms. The molecule has 1 heterocycles. The van der Waals surface area contributed by atoms with Gasteiger partial charge in [-0.05, 0) is 30.2 Å². The van der Waals surface area contributed by atoms with E-state index < -0.39 is 0 Å². The fraction of sp³-hybridized carbons (Fsp3) is 0.562. The number of hydrogen-bond donors (Lipinski definition) is 0. The zero-order valence-corrected chi connectivity index (χ0v) is 11.4. The number of carbonyl (C=O) groups is 1. The first kappa shape index (κ1) is 13.1. The van der Waals surface area contributed by atoms with Crippen molar-refractivity contribution in [2.75, 3.05) is 13.1 Å². The Balaban J connectivity index is 1.83. The Morgan fingerprint density at radius 2 is 2.06 bits per heavy atom. The number of nitrogens with zero attached hydrogens (tertiary/aromatic N) is 1. The lowest BCUT2D eigenvalue weighted by Gasteiger charge is -2.17. The molecule has 2 heteroatoms. The maximum atomic E-state index is 12.0. The molecule has 1 aliphatic heterocycles. The van der Waals surface area contributed by atoms with Crippen LogP contribution in [0.2, 0.25) is 0 Å². The zero-order valence-electron chi connectivity index (χ0n) is 11.4. The van der Waals surface area contributed by atoms with Crippen LogP contribution >= 0.6 is 0 Å². The van der Waals surface area contributed by atoms with Crippen LogP contribution in [-0.4, -0.2) is 23.9 Å². The maximum Gasteiger partial charge on any atom is 0.222 e. The Labute approximate surface area is 110 Å². The average molecular weight is 245 g/mol. The van der Waals surface area contributed by atoms with Crippen molar-refractivity contribution in [2.45, 2.75) is 33.1 Å². The monoisotopic (exact) mass is 245 g/mol. The molecule has 1 saturated heterocycles. The molecule has 1 unspecified atom stereocenters. The lowest BCUT2D eigenvalue weighted by atomic mass is 9.99. The summed E-state index contributed by atoms with van der Waals surface area (Å²) in [7, 11) is 0. The van der Waals surface area contributed by atoms with E-state index in [0.717, 1.165) is 25.9 Å². The first-order valence-electron chi connectivity index (χ1n) is 6.97. The van der Waals surface area contributed by atoms with Gasteiger partial charge in [0.1, 0.15) is 0 Å². The lowest BCUT2D eigenvalue weighted by Crippen LogP contribution is -2.29. The van der Waals surface area contributed by atoms with Gasteiger partial charge in [-0.25, -0.2) is 0 Å². The fourth-order valence-corrected chi connectivity index (χ4v) is 2.65. The highest BCUT2D eigenvalue weighted by molar-refractivity contribution is 5.76. The van der Waals surface area contributed by atoms with Gasteiger partial charge in [-0.2, -0.15) is 0 Å². The van der Waals surface area contributed by atoms with Gasteiger partial charge in [0.25, 0.3) is 0 Å². The standard InChI is InChI=1S/C16H23NO/c1-13(2)10-16(18)17-9-8-15(12-17)11-14-6-4-3-5-7-14/h3-7,13,15H,8-12H2,1-2H3. The molecule has 1 amide bonds. The summed E-state index contributed by atoms with van der Waals surface area (Å²) in [6, 6.07) is 10.6. The zero-order chi connectivity index (χ0) is 13.0. The highest BCUT2D eigenvalue weighted by Crippen LogP contribution is 2.22. The van der Waals surface area contributed by atoms with Crippen molar-refractivity contribution in [2.24, 2.45) is 11.8 Å². The van der Waals surface area contributed by atoms with Gasteiger partial charge in [0, 0.05) is 19.5 Å². The van der Waals surface area contributed by atoms with E-state index in [0.29, 0.717) is 24.2 Å². The number of benzene rings is 1. The third-order valence-corrected chi connectivity index (χ3v) is 3.59. The normalized spacial score (nSPS) is 19.5. The summed E-state index contributed by atoms with van der Waals surface area (Å²) in [5.41, 5.74) is 1.39. The molecule has 0 bridgehead atoms. The Hall–Kier alpha value is -1.31. The predicted octanol–water partition coefficient (Wildman–Crippen LogP) is 3.12. The third-order valence-electron chi connectivity index (χ3n) is 3.59. The largest absolute Gasteiger partial charge is 0.342 e. The molecule has 2 rings (SSSR count). The number of carbonyl (C=O) groups excluding carboxylic acids is 1. The van der Waals surface area contributed by atoms with Gasteiger partial charge >= 0.3 is 0 Å². The van der Waals surface area contributed by atoms with Crippen LogP contribution in [0.3, 0.4) is 0 Å². The summed E-state index contributed by atoms with van der Waals surface area (Å²) < 4.78 is 0. The molecule has 1 atom stereocenters. The number of likely N-dealkylation sites (tertiary alicyclic amines) is 1. The van der Waals surface area contributed by atoms with Gasteiger partial charge < -0.3 is 4.90 Å². The van der Waals surface area contributed by atoms with Gasteiger partial charge in [-0.1, -0.05) is 44.2 Å². The molecule has 0 spiro atoms. The van der Waals surface area contributed by atoms with Crippen molar-refractivity contribution in [3.63, 3.8) is 0 Å². The van der Waals surface area contributed by atoms with E-state index >= 15 is 0 Å². The van der Waals surface area contributed by atoms with Gasteiger partial charge in [0.15, 0.2) is 0 Å². The Bertz CT molecular complexity index is 385. The van der Waals surface area contributed by atoms with Crippen molar-refractivity contribution in [1.82, 2.24) is 4.90 Å². The first-order chi connectivity index (χ1) is 8.65. The van der Waals surface area contributed by atoms with Crippen molar-refractivity contribution in [3.05, 3.63) is 35.9 Å². The fourth-order valence-electron chi connectivity index (χ4n) is 2.65. The van der Waals surface area contributed by atoms with E-state index in [-0.39, 0.29) is 0 Å². The number of amides is 1. The maximum absolute atomic E-state index is 12.0. The summed E-state index contributed by atoms with van der Waals surface area (Å²) in [5, 5.41) is 0. The summed E-state index contributed by atoms with van der Waals surface area (Å²) in [6.45, 7) is 6.11. The summed E-state index contributed by atoms with van der Waals surface area (Å²) >= 11 is 0. The van der Waals surface area contributed by atoms with Crippen LogP contribution in [0, 0.1) is 11.8 Å². The molecule has 0 saturated carbocycles. The quantitative estimate of drug-likeness (QED) is 0.798. The van der Waals surface area contributed by atoms with E-state index in [2.05, 4.69) is 44.2 Å². The van der Waals surface area contributed by atoms with Gasteiger partial charge in [0.2, 0.25) is 5.91 Å². The van der Waals surface area contributed by atoms with Crippen LogP contribution in [0.5, 0.6) is 0 Å². The molecule has 1 aromatic rings. The van der Waals surface area contributed by atoms with Crippen molar-refractivity contribution in [3.8, 4) is 0 Å². The number of rotatable bonds is 4. The van der Waals surface area contributed by atoms with E-state index in [1.54, 1.807) is 0 Å². The molecule has 0 aromatic heterocycles. The summed E-state index contributed by atoms with van der Waals surface area (Å²) in [4.78, 5) is 14.0. The second-order valence-electron chi connectivity index (χ2n) is 5.78. The summed E-state index contributed by atoms with van der Waals surface area (Å²) in [5.74, 6) is 1.44. The molecule has 98 valence electrons. The third kappa shape index (κ3) is 3.59. The Morgan fingerprint density at radius 3 is 2.72 bits per heavy atom. The molecule has 0 aliphatic carbocycles. The summed E-state index contributed by atoms with van der Waals surface area (Å²) in [6.07, 6.45) is 2.95. The average Bonchev–Trinajstić information content (AvgIpc) is 2.78. The highest BCUT2D eigenvalue weighted by atomic mass is 16.2. The first-order valence-corrected chi connectivity index (χ1v) is 6.97. The molecular formula is C16H23NO. The van der Waals surface area contributed by atoms with E-state index in [1.807, 2.05) is 4.90 Å². The van der Waals surface area contributed by atoms with Crippen molar-refractivity contribution >= 4 is 5.91 Å². The van der Waals surface area contributed by atoms with Crippen LogP contribution in [0.4, 0.5) is 0 Å². The van der Waals surface area contributed by atoms with Gasteiger partial charge in [0.05, 0.1) is 0 Å². The van der Waals surface area contributed by atoms with Gasteiger partial charge in [-0.15, -0.1) is 0 Å². The second kappa shape index (κ2) is 6.03. The molecule has 1 aromatic carbocycles. The molecular weight excluding hydrogens is 222 g/mol. The highest BCUT2D eigenvalue weighted by Gasteiger charge is 2.26. The Kier molecular flexibility index (Phi) is 4.40. The molecule has 2 nitrogen and oxygen atoms in total. The minimum Gasteiger partial charge on any atom is -0.342 e. The van der Waals surface area contributed by atoms with Crippen LogP contribution in [0.1, 0.15) is 32.3 Å². The lowest BCUT2D eigenvalue weighted by molar-refractivity contribution is -0.131. The van der Waals surface area contributed by atoms with Crippen molar-refractivity contribution in [1.29, 1.82) is 0 Å². The topological polar surface area (TPSA) is 20.3 Å². The van der Waals surface area contributed by atoms with E-state index in [1.165, 1.54) is 5.56 Å². The van der Waals surface area contributed by atoms with Crippen molar-refractivity contribution < 1.29 is 4.79 Å². The van der Waals surface area contributed by atoms with E-state index in [9.17, 15) is 4.79 Å². The van der Waals surface area contributed by atoms with Crippen LogP contribution in [-0.2, 0) is 11.2 Å². The Morgan fingerprint density at radius 1 is 1.33 bits per heavy atom. The smallest absolute Gasteiger partial charge is 0.222 e. The van der Waals surface area contributed by atoms with Gasteiger partial charge in [-0.3, -0.25) is 4.79 Å². The van der Waals surface area contributed by atoms with E-state index in [4.69, 9.17) is 0 Å². The van der Waals surface area contributed by atoms with Crippen LogP contribution < -0.4 is 0 Å². The minimum absolute atomic E-state index is 0.334. The van der Waals surface area contributed by atoms with Crippen LogP contribution in [0.15, 0.2) is 30.3 Å². The number of hydrogen-bond acceptors (Lipinski definition) is 1. The molecule has 1 fully saturated rings. The molecule has 1 aliphatic rings.